The van der Waals surface area contributed by atoms with Gasteiger partial charge in [0.1, 0.15) is 0 Å². The lowest BCUT2D eigenvalue weighted by Crippen LogP contribution is -2.32. The number of carbonyl (C=O) groups excluding carboxylic acids is 1. The van der Waals surface area contributed by atoms with Crippen LogP contribution < -0.4 is 5.32 Å². The first-order chi connectivity index (χ1) is 12.8. The Hall–Kier alpha value is -2.93. The van der Waals surface area contributed by atoms with Gasteiger partial charge in [0.25, 0.3) is 5.91 Å². The lowest BCUT2D eigenvalue weighted by atomic mass is 10.2. The van der Waals surface area contributed by atoms with Crippen LogP contribution in [0.15, 0.2) is 54.9 Å². The minimum atomic E-state index is -0.233. The molecule has 7 heteroatoms. The van der Waals surface area contributed by atoms with Crippen molar-refractivity contribution in [2.24, 2.45) is 0 Å². The number of nitrogens with zero attached hydrogens (tertiary/aromatic N) is 4. The molecule has 2 aromatic heterocycles. The van der Waals surface area contributed by atoms with Crippen LogP contribution in [0.2, 0.25) is 0 Å². The first kappa shape index (κ1) is 16.5. The molecule has 3 heterocycles. The van der Waals surface area contributed by atoms with Gasteiger partial charge in [0.2, 0.25) is 0 Å². The lowest BCUT2D eigenvalue weighted by molar-refractivity contribution is 0.0853. The molecule has 26 heavy (non-hydrogen) atoms. The van der Waals surface area contributed by atoms with E-state index in [0.29, 0.717) is 24.6 Å². The smallest absolute Gasteiger partial charge is 0.275 e. The quantitative estimate of drug-likeness (QED) is 0.737. The highest BCUT2D eigenvalue weighted by molar-refractivity contribution is 5.95. The van der Waals surface area contributed by atoms with Crippen LogP contribution in [0.5, 0.6) is 0 Å². The van der Waals surface area contributed by atoms with Crippen molar-refractivity contribution in [3.8, 4) is 5.82 Å². The second-order valence-corrected chi connectivity index (χ2v) is 6.34. The normalized spacial score (nSPS) is 16.7. The van der Waals surface area contributed by atoms with Crippen LogP contribution in [0.3, 0.4) is 0 Å². The highest BCUT2D eigenvalue weighted by atomic mass is 16.5. The largest absolute Gasteiger partial charge is 0.376 e. The van der Waals surface area contributed by atoms with Crippen LogP contribution in [0.4, 0.5) is 0 Å². The summed E-state index contributed by atoms with van der Waals surface area (Å²) in [7, 11) is 0. The van der Waals surface area contributed by atoms with Gasteiger partial charge in [-0.15, -0.1) is 5.10 Å². The third-order valence-electron chi connectivity index (χ3n) is 4.46. The van der Waals surface area contributed by atoms with E-state index in [4.69, 9.17) is 4.74 Å². The summed E-state index contributed by atoms with van der Waals surface area (Å²) in [5.74, 6) is 0.423. The number of rotatable bonds is 6. The number of hydrogen-bond acceptors (Lipinski definition) is 4. The van der Waals surface area contributed by atoms with Crippen LogP contribution >= 0.6 is 0 Å². The van der Waals surface area contributed by atoms with Crippen molar-refractivity contribution >= 4 is 5.91 Å². The van der Waals surface area contributed by atoms with E-state index >= 15 is 0 Å². The van der Waals surface area contributed by atoms with Crippen LogP contribution in [0.25, 0.3) is 5.82 Å². The fraction of sp³-hybridized carbons (Fsp3) is 0.316. The fourth-order valence-electron chi connectivity index (χ4n) is 3.14. The standard InChI is InChI=1S/C19H21N5O2/c25-18(20-13-16-9-6-12-26-16)17-19(23-10-4-5-11-23)24(22-21-17)14-15-7-2-1-3-8-15/h1-5,7-8,10-11,16H,6,9,12-14H2,(H,20,25)/t16-/m0/s1. The van der Waals surface area contributed by atoms with Crippen molar-refractivity contribution in [2.75, 3.05) is 13.2 Å². The Kier molecular flexibility index (Phi) is 4.79. The number of hydrogen-bond donors (Lipinski definition) is 1. The zero-order valence-corrected chi connectivity index (χ0v) is 14.4. The molecule has 0 bridgehead atoms. The Balaban J connectivity index is 1.58. The van der Waals surface area contributed by atoms with E-state index in [2.05, 4.69) is 15.6 Å². The average Bonchev–Trinajstić information content (AvgIpc) is 3.41. The van der Waals surface area contributed by atoms with Gasteiger partial charge in [0, 0.05) is 25.5 Å². The maximum absolute atomic E-state index is 12.7. The van der Waals surface area contributed by atoms with Gasteiger partial charge in [0.15, 0.2) is 11.5 Å². The number of nitrogens with one attached hydrogen (secondary N) is 1. The van der Waals surface area contributed by atoms with Gasteiger partial charge in [-0.05, 0) is 30.5 Å². The summed E-state index contributed by atoms with van der Waals surface area (Å²) in [5, 5.41) is 11.3. The molecule has 0 spiro atoms. The van der Waals surface area contributed by atoms with E-state index in [0.717, 1.165) is 25.0 Å². The zero-order valence-electron chi connectivity index (χ0n) is 14.4. The second-order valence-electron chi connectivity index (χ2n) is 6.34. The Morgan fingerprint density at radius 3 is 2.73 bits per heavy atom. The predicted molar refractivity (Wildman–Crippen MR) is 96.2 cm³/mol. The maximum Gasteiger partial charge on any atom is 0.275 e. The Bertz CT molecular complexity index is 851. The third kappa shape index (κ3) is 3.52. The Morgan fingerprint density at radius 1 is 1.19 bits per heavy atom. The summed E-state index contributed by atoms with van der Waals surface area (Å²) in [5.41, 5.74) is 1.41. The van der Waals surface area contributed by atoms with E-state index in [9.17, 15) is 4.79 Å². The molecule has 0 saturated carbocycles. The van der Waals surface area contributed by atoms with Crippen molar-refractivity contribution in [1.82, 2.24) is 24.9 Å². The van der Waals surface area contributed by atoms with Gasteiger partial charge in [-0.3, -0.25) is 4.79 Å². The van der Waals surface area contributed by atoms with E-state index in [1.807, 2.05) is 59.4 Å². The average molecular weight is 351 g/mol. The van der Waals surface area contributed by atoms with Crippen LogP contribution in [0, 0.1) is 0 Å². The molecule has 4 rings (SSSR count). The van der Waals surface area contributed by atoms with Gasteiger partial charge in [0.05, 0.1) is 12.6 Å². The maximum atomic E-state index is 12.7. The monoisotopic (exact) mass is 351 g/mol. The van der Waals surface area contributed by atoms with Crippen LogP contribution in [-0.4, -0.2) is 44.7 Å². The molecule has 0 radical (unpaired) electrons. The molecular formula is C19H21N5O2. The first-order valence-electron chi connectivity index (χ1n) is 8.82. The molecule has 1 aliphatic rings. The predicted octanol–water partition coefficient (Wildman–Crippen LogP) is 2.03. The van der Waals surface area contributed by atoms with Gasteiger partial charge < -0.3 is 14.6 Å². The molecule has 1 atom stereocenters. The highest BCUT2D eigenvalue weighted by Gasteiger charge is 2.23. The zero-order chi connectivity index (χ0) is 17.8. The van der Waals surface area contributed by atoms with Crippen molar-refractivity contribution in [3.05, 3.63) is 66.1 Å². The molecule has 1 amide bonds. The molecule has 1 fully saturated rings. The van der Waals surface area contributed by atoms with E-state index in [1.165, 1.54) is 0 Å². The van der Waals surface area contributed by atoms with Gasteiger partial charge in [-0.25, -0.2) is 4.68 Å². The van der Waals surface area contributed by atoms with Crippen LogP contribution in [-0.2, 0) is 11.3 Å². The molecule has 0 unspecified atom stereocenters. The van der Waals surface area contributed by atoms with Gasteiger partial charge in [-0.1, -0.05) is 35.5 Å². The minimum Gasteiger partial charge on any atom is -0.376 e. The number of ether oxygens (including phenoxy) is 1. The molecule has 1 aliphatic heterocycles. The molecule has 3 aromatic rings. The van der Waals surface area contributed by atoms with E-state index < -0.39 is 0 Å². The number of carbonyl (C=O) groups is 1. The number of aromatic nitrogens is 4. The Morgan fingerprint density at radius 2 is 2.00 bits per heavy atom. The summed E-state index contributed by atoms with van der Waals surface area (Å²) >= 11 is 0. The first-order valence-corrected chi connectivity index (χ1v) is 8.82. The number of benzene rings is 1. The fourth-order valence-corrected chi connectivity index (χ4v) is 3.14. The third-order valence-corrected chi connectivity index (χ3v) is 4.46. The molecule has 0 aliphatic carbocycles. The molecule has 1 N–H and O–H groups in total. The summed E-state index contributed by atoms with van der Waals surface area (Å²) in [6.07, 6.45) is 5.88. The topological polar surface area (TPSA) is 74.0 Å². The van der Waals surface area contributed by atoms with Crippen molar-refractivity contribution in [1.29, 1.82) is 0 Å². The summed E-state index contributed by atoms with van der Waals surface area (Å²) in [4.78, 5) is 12.7. The summed E-state index contributed by atoms with van der Waals surface area (Å²) < 4.78 is 9.18. The minimum absolute atomic E-state index is 0.0911. The summed E-state index contributed by atoms with van der Waals surface area (Å²) in [6.45, 7) is 1.80. The Labute approximate surface area is 151 Å². The SMILES string of the molecule is O=C(NC[C@@H]1CCCO1)c1nnn(Cc2ccccc2)c1-n1cccc1. The second kappa shape index (κ2) is 7.53. The van der Waals surface area contributed by atoms with E-state index in [-0.39, 0.29) is 12.0 Å². The lowest BCUT2D eigenvalue weighted by Gasteiger charge is -2.12. The highest BCUT2D eigenvalue weighted by Crippen LogP contribution is 2.16. The molecule has 134 valence electrons. The number of amides is 1. The van der Waals surface area contributed by atoms with Gasteiger partial charge in [-0.2, -0.15) is 0 Å². The van der Waals surface area contributed by atoms with Crippen molar-refractivity contribution in [3.63, 3.8) is 0 Å². The van der Waals surface area contributed by atoms with Crippen LogP contribution in [0.1, 0.15) is 28.9 Å². The van der Waals surface area contributed by atoms with Crippen molar-refractivity contribution < 1.29 is 9.53 Å². The van der Waals surface area contributed by atoms with Crippen molar-refractivity contribution in [2.45, 2.75) is 25.5 Å². The molecule has 1 saturated heterocycles. The van der Waals surface area contributed by atoms with E-state index in [1.54, 1.807) is 4.68 Å². The molecule has 1 aromatic carbocycles. The molecule has 7 nitrogen and oxygen atoms in total. The van der Waals surface area contributed by atoms with Gasteiger partial charge >= 0.3 is 0 Å². The molecular weight excluding hydrogens is 330 g/mol. The summed E-state index contributed by atoms with van der Waals surface area (Å²) in [6, 6.07) is 13.8.